The summed E-state index contributed by atoms with van der Waals surface area (Å²) in [7, 11) is 1.50. The van der Waals surface area contributed by atoms with Crippen molar-refractivity contribution >= 4 is 22.6 Å². The van der Waals surface area contributed by atoms with Gasteiger partial charge in [0.1, 0.15) is 17.4 Å². The van der Waals surface area contributed by atoms with Crippen LogP contribution in [-0.2, 0) is 20.8 Å². The van der Waals surface area contributed by atoms with Gasteiger partial charge < -0.3 is 14.0 Å². The summed E-state index contributed by atoms with van der Waals surface area (Å²) in [5.74, 6) is -0.558. The number of ether oxygens (including phenoxy) is 2. The molecule has 0 saturated heterocycles. The Kier molecular flexibility index (Phi) is 8.11. The van der Waals surface area contributed by atoms with Crippen molar-refractivity contribution in [3.63, 3.8) is 0 Å². The average molecular weight is 462 g/mol. The van der Waals surface area contributed by atoms with Gasteiger partial charge in [-0.3, -0.25) is 14.0 Å². The van der Waals surface area contributed by atoms with Gasteiger partial charge in [-0.1, -0.05) is 12.1 Å². The van der Waals surface area contributed by atoms with Gasteiger partial charge in [-0.2, -0.15) is 10.3 Å². The van der Waals surface area contributed by atoms with Crippen LogP contribution in [0, 0.1) is 18.3 Å². The molecule has 0 atom stereocenters. The van der Waals surface area contributed by atoms with E-state index in [9.17, 15) is 14.9 Å². The van der Waals surface area contributed by atoms with Crippen molar-refractivity contribution in [2.45, 2.75) is 39.8 Å². The fourth-order valence-corrected chi connectivity index (χ4v) is 3.45. The van der Waals surface area contributed by atoms with Crippen molar-refractivity contribution in [2.24, 2.45) is 4.99 Å². The molecule has 0 saturated carbocycles. The van der Waals surface area contributed by atoms with Gasteiger partial charge in [0.15, 0.2) is 5.49 Å². The molecule has 0 bridgehead atoms. The Morgan fingerprint density at radius 2 is 2.12 bits per heavy atom. The highest BCUT2D eigenvalue weighted by Gasteiger charge is 2.15. The number of methoxy groups -OCH3 is 1. The van der Waals surface area contributed by atoms with E-state index in [2.05, 4.69) is 11.1 Å². The van der Waals surface area contributed by atoms with Crippen LogP contribution in [0.4, 0.5) is 0 Å². The molecule has 0 spiro atoms. The largest absolute Gasteiger partial charge is 0.504 e. The van der Waals surface area contributed by atoms with Crippen LogP contribution in [0.5, 0.6) is 0 Å². The van der Waals surface area contributed by atoms with Crippen LogP contribution in [-0.4, -0.2) is 39.7 Å². The lowest BCUT2D eigenvalue weighted by atomic mass is 10.2. The van der Waals surface area contributed by atoms with Crippen LogP contribution in [0.1, 0.15) is 31.4 Å². The van der Waals surface area contributed by atoms with Gasteiger partial charge in [-0.25, -0.2) is 4.98 Å². The zero-order chi connectivity index (χ0) is 24.7. The number of aromatic nitrogens is 3. The minimum Gasteiger partial charge on any atom is -0.504 e. The molecule has 3 aromatic rings. The zero-order valence-electron chi connectivity index (χ0n) is 19.7. The van der Waals surface area contributed by atoms with Crippen LogP contribution in [0.3, 0.4) is 0 Å². The average Bonchev–Trinajstić information content (AvgIpc) is 2.81. The van der Waals surface area contributed by atoms with E-state index in [-0.39, 0.29) is 28.1 Å². The normalized spacial score (nSPS) is 12.4. The second kappa shape index (κ2) is 11.2. The molecule has 0 aliphatic rings. The molecule has 0 aromatic carbocycles. The van der Waals surface area contributed by atoms with Crippen molar-refractivity contribution in [1.82, 2.24) is 14.0 Å². The van der Waals surface area contributed by atoms with E-state index in [1.807, 2.05) is 26.8 Å². The van der Waals surface area contributed by atoms with Crippen LogP contribution in [0.25, 0.3) is 16.7 Å². The predicted molar refractivity (Wildman–Crippen MR) is 128 cm³/mol. The van der Waals surface area contributed by atoms with E-state index < -0.39 is 5.91 Å². The molecule has 3 rings (SSSR count). The van der Waals surface area contributed by atoms with Gasteiger partial charge in [0.25, 0.3) is 11.5 Å². The number of aryl methyl sites for hydroxylation is 2. The predicted octanol–water partition coefficient (Wildman–Crippen LogP) is 2.79. The van der Waals surface area contributed by atoms with Gasteiger partial charge in [-0.05, 0) is 51.0 Å². The topological polar surface area (TPSA) is 111 Å². The van der Waals surface area contributed by atoms with E-state index in [0.717, 1.165) is 5.56 Å². The monoisotopic (exact) mass is 461 g/mol. The smallest absolute Gasteiger partial charge is 0.271 e. The molecule has 0 N–H and O–H groups in total. The number of hydrogen-bond donors (Lipinski definition) is 0. The number of pyridine rings is 2. The summed E-state index contributed by atoms with van der Waals surface area (Å²) in [4.78, 5) is 34.7. The minimum absolute atomic E-state index is 0.0672. The highest BCUT2D eigenvalue weighted by Crippen LogP contribution is 2.13. The summed E-state index contributed by atoms with van der Waals surface area (Å²) in [6.07, 6.45) is 8.01. The molecule has 1 amide bonds. The number of nitrogens with zero attached hydrogens (tertiary/aromatic N) is 5. The van der Waals surface area contributed by atoms with Crippen molar-refractivity contribution in [3.05, 3.63) is 75.9 Å². The van der Waals surface area contributed by atoms with Crippen LogP contribution in [0.2, 0.25) is 0 Å². The molecule has 34 heavy (non-hydrogen) atoms. The van der Waals surface area contributed by atoms with Crippen molar-refractivity contribution < 1.29 is 14.3 Å². The standard InChI is InChI=1S/C25H27N5O4/c1-17(2)34-14-8-12-29-23(27-21(31)10-5-6-13-33-4)19(16-26)15-20-24(29)28-22-18(3)9-7-11-30(22)25(20)32/h5-7,9-11,13,15,17H,8,12,14H2,1-4H3/b10-5+,13-6-,27-23?. The van der Waals surface area contributed by atoms with Crippen LogP contribution < -0.4 is 11.0 Å². The van der Waals surface area contributed by atoms with E-state index in [4.69, 9.17) is 14.5 Å². The summed E-state index contributed by atoms with van der Waals surface area (Å²) >= 11 is 0. The maximum atomic E-state index is 13.3. The number of amides is 1. The molecule has 3 heterocycles. The summed E-state index contributed by atoms with van der Waals surface area (Å²) in [5.41, 5.74) is 1.64. The maximum Gasteiger partial charge on any atom is 0.271 e. The van der Waals surface area contributed by atoms with Gasteiger partial charge in [0.2, 0.25) is 0 Å². The van der Waals surface area contributed by atoms with Crippen molar-refractivity contribution in [2.75, 3.05) is 13.7 Å². The first kappa shape index (κ1) is 24.6. The molecule has 0 aliphatic carbocycles. The van der Waals surface area contributed by atoms with E-state index in [0.29, 0.717) is 30.9 Å². The quantitative estimate of drug-likeness (QED) is 0.168. The summed E-state index contributed by atoms with van der Waals surface area (Å²) in [5, 5.41) is 10.1. The number of hydrogen-bond acceptors (Lipinski definition) is 6. The lowest BCUT2D eigenvalue weighted by Crippen LogP contribution is -2.30. The second-order valence-electron chi connectivity index (χ2n) is 7.83. The third kappa shape index (κ3) is 5.47. The summed E-state index contributed by atoms with van der Waals surface area (Å²) in [6.45, 7) is 6.57. The van der Waals surface area contributed by atoms with Crippen LogP contribution in [0.15, 0.2) is 58.7 Å². The molecule has 176 valence electrons. The fourth-order valence-electron chi connectivity index (χ4n) is 3.45. The maximum absolute atomic E-state index is 13.3. The number of rotatable bonds is 8. The molecule has 0 unspecified atom stereocenters. The molecular weight excluding hydrogens is 434 g/mol. The number of fused-ring (bicyclic) bond motifs is 2. The summed E-state index contributed by atoms with van der Waals surface area (Å²) in [6, 6.07) is 7.16. The minimum atomic E-state index is -0.558. The molecule has 0 radical (unpaired) electrons. The third-order valence-electron chi connectivity index (χ3n) is 4.98. The van der Waals surface area contributed by atoms with Crippen LogP contribution >= 0.6 is 0 Å². The number of allylic oxidation sites excluding steroid dienone is 2. The Morgan fingerprint density at radius 3 is 2.82 bits per heavy atom. The Hall–Kier alpha value is -4.03. The summed E-state index contributed by atoms with van der Waals surface area (Å²) < 4.78 is 13.6. The van der Waals surface area contributed by atoms with Gasteiger partial charge in [0.05, 0.1) is 30.4 Å². The number of carbonyl (C=O) groups is 1. The van der Waals surface area contributed by atoms with Crippen molar-refractivity contribution in [3.8, 4) is 6.07 Å². The molecule has 9 heteroatoms. The molecule has 0 aliphatic heterocycles. The SMILES string of the molecule is CO/C=C\C=C\C(=O)N=c1c(C#N)cc2c(=O)n3cccc(C)c3nc2n1CCCOC(C)C. The van der Waals surface area contributed by atoms with E-state index >= 15 is 0 Å². The number of carbonyl (C=O) groups excluding carboxylic acids is 1. The van der Waals surface area contributed by atoms with E-state index in [1.54, 1.807) is 22.9 Å². The van der Waals surface area contributed by atoms with E-state index in [1.165, 1.54) is 36.0 Å². The van der Waals surface area contributed by atoms with Crippen molar-refractivity contribution in [1.29, 1.82) is 5.26 Å². The number of nitriles is 1. The first-order chi connectivity index (χ1) is 16.4. The highest BCUT2D eigenvalue weighted by atomic mass is 16.5. The lowest BCUT2D eigenvalue weighted by Gasteiger charge is -2.14. The second-order valence-corrected chi connectivity index (χ2v) is 7.83. The highest BCUT2D eigenvalue weighted by molar-refractivity contribution is 5.89. The Balaban J connectivity index is 2.28. The van der Waals surface area contributed by atoms with Gasteiger partial charge in [0, 0.05) is 25.4 Å². The fraction of sp³-hybridized carbons (Fsp3) is 0.320. The van der Waals surface area contributed by atoms with Gasteiger partial charge >= 0.3 is 0 Å². The molecule has 9 nitrogen and oxygen atoms in total. The molecular formula is C25H27N5O4. The zero-order valence-corrected chi connectivity index (χ0v) is 19.7. The Bertz CT molecular complexity index is 1440. The Morgan fingerprint density at radius 1 is 1.32 bits per heavy atom. The molecule has 0 fully saturated rings. The van der Waals surface area contributed by atoms with Gasteiger partial charge in [-0.15, -0.1) is 0 Å². The first-order valence-electron chi connectivity index (χ1n) is 10.9. The Labute approximate surface area is 196 Å². The third-order valence-corrected chi connectivity index (χ3v) is 4.98. The lowest BCUT2D eigenvalue weighted by molar-refractivity contribution is -0.113. The molecule has 3 aromatic heterocycles. The first-order valence-corrected chi connectivity index (χ1v) is 10.9.